The quantitative estimate of drug-likeness (QED) is 0.481. The maximum Gasteiger partial charge on any atom is 0.316 e. The second-order valence-corrected chi connectivity index (χ2v) is 6.49. The number of aryl methyl sites for hydroxylation is 2. The van der Waals surface area contributed by atoms with Crippen LogP contribution in [0.25, 0.3) is 0 Å². The van der Waals surface area contributed by atoms with Gasteiger partial charge in [0, 0.05) is 11.1 Å². The number of halogens is 1. The summed E-state index contributed by atoms with van der Waals surface area (Å²) in [5, 5.41) is 2.72. The van der Waals surface area contributed by atoms with Crippen molar-refractivity contribution in [3.63, 3.8) is 0 Å². The highest BCUT2D eigenvalue weighted by atomic mass is 35.5. The van der Waals surface area contributed by atoms with E-state index in [1.165, 1.54) is 29.1 Å². The number of carbonyl (C=O) groups is 2. The van der Waals surface area contributed by atoms with Crippen LogP contribution < -0.4 is 5.32 Å². The summed E-state index contributed by atoms with van der Waals surface area (Å²) in [4.78, 5) is 28.3. The van der Waals surface area contributed by atoms with E-state index in [1.807, 2.05) is 32.0 Å². The minimum Gasteiger partial charge on any atom is -0.455 e. The van der Waals surface area contributed by atoms with E-state index in [0.29, 0.717) is 5.69 Å². The van der Waals surface area contributed by atoms with Gasteiger partial charge in [0.05, 0.1) is 11.4 Å². The summed E-state index contributed by atoms with van der Waals surface area (Å²) in [7, 11) is 0. The normalized spacial score (nSPS) is 10.3. The average Bonchev–Trinajstić information content (AvgIpc) is 2.56. The van der Waals surface area contributed by atoms with E-state index in [0.717, 1.165) is 4.90 Å². The topological polar surface area (TPSA) is 68.3 Å². The van der Waals surface area contributed by atoms with Crippen LogP contribution in [0.15, 0.2) is 41.4 Å². The van der Waals surface area contributed by atoms with Crippen LogP contribution in [0.2, 0.25) is 5.15 Å². The molecule has 1 N–H and O–H groups in total. The molecule has 0 bridgehead atoms. The summed E-state index contributed by atoms with van der Waals surface area (Å²) < 4.78 is 4.96. The van der Waals surface area contributed by atoms with Crippen molar-refractivity contribution in [2.75, 3.05) is 17.7 Å². The van der Waals surface area contributed by atoms with Gasteiger partial charge in [-0.05, 0) is 49.2 Å². The molecule has 1 heterocycles. The van der Waals surface area contributed by atoms with Crippen LogP contribution in [0.3, 0.4) is 0 Å². The zero-order chi connectivity index (χ0) is 17.5. The van der Waals surface area contributed by atoms with Crippen molar-refractivity contribution in [2.24, 2.45) is 0 Å². The number of pyridine rings is 1. The van der Waals surface area contributed by atoms with Gasteiger partial charge < -0.3 is 10.1 Å². The Balaban J connectivity index is 1.75. The molecule has 0 atom stereocenters. The Bertz CT molecular complexity index is 752. The fourth-order valence-electron chi connectivity index (χ4n) is 1.80. The smallest absolute Gasteiger partial charge is 0.316 e. The van der Waals surface area contributed by atoms with E-state index < -0.39 is 11.9 Å². The predicted octanol–water partition coefficient (Wildman–Crippen LogP) is 3.63. The van der Waals surface area contributed by atoms with Crippen molar-refractivity contribution >= 4 is 40.9 Å². The molecule has 0 saturated heterocycles. The lowest BCUT2D eigenvalue weighted by atomic mass is 10.1. The summed E-state index contributed by atoms with van der Waals surface area (Å²) in [6.45, 7) is 3.69. The van der Waals surface area contributed by atoms with E-state index >= 15 is 0 Å². The number of hydrogen-bond acceptors (Lipinski definition) is 5. The SMILES string of the molecule is Cc1ccc(SCC(=O)OCC(=O)Nc2cccnc2Cl)cc1C. The van der Waals surface area contributed by atoms with Crippen molar-refractivity contribution in [2.45, 2.75) is 18.7 Å². The van der Waals surface area contributed by atoms with E-state index in [-0.39, 0.29) is 17.5 Å². The van der Waals surface area contributed by atoms with Gasteiger partial charge in [0.25, 0.3) is 5.91 Å². The fourth-order valence-corrected chi connectivity index (χ4v) is 2.76. The first-order chi connectivity index (χ1) is 11.5. The Hall–Kier alpha value is -2.05. The maximum atomic E-state index is 11.7. The number of nitrogens with one attached hydrogen (secondary N) is 1. The minimum atomic E-state index is -0.463. The summed E-state index contributed by atoms with van der Waals surface area (Å²) in [6, 6.07) is 9.24. The molecule has 1 aromatic carbocycles. The average molecular weight is 365 g/mol. The van der Waals surface area contributed by atoms with Crippen LogP contribution in [0.1, 0.15) is 11.1 Å². The molecule has 5 nitrogen and oxygen atoms in total. The number of hydrogen-bond donors (Lipinski definition) is 1. The number of carbonyl (C=O) groups excluding carboxylic acids is 2. The molecule has 126 valence electrons. The molecule has 7 heteroatoms. The summed E-state index contributed by atoms with van der Waals surface area (Å²) >= 11 is 7.21. The largest absolute Gasteiger partial charge is 0.455 e. The lowest BCUT2D eigenvalue weighted by Crippen LogP contribution is -2.21. The molecule has 0 saturated carbocycles. The number of nitrogens with zero attached hydrogens (tertiary/aromatic N) is 1. The first kappa shape index (κ1) is 18.3. The predicted molar refractivity (Wildman–Crippen MR) is 95.5 cm³/mol. The van der Waals surface area contributed by atoms with Crippen molar-refractivity contribution < 1.29 is 14.3 Å². The molecule has 0 spiro atoms. The highest BCUT2D eigenvalue weighted by Gasteiger charge is 2.10. The molecule has 0 unspecified atom stereocenters. The van der Waals surface area contributed by atoms with Gasteiger partial charge in [-0.3, -0.25) is 9.59 Å². The van der Waals surface area contributed by atoms with Gasteiger partial charge in [0.2, 0.25) is 0 Å². The number of benzene rings is 1. The Morgan fingerprint density at radius 1 is 1.25 bits per heavy atom. The number of aromatic nitrogens is 1. The van der Waals surface area contributed by atoms with Crippen LogP contribution >= 0.6 is 23.4 Å². The Labute approximate surface area is 149 Å². The van der Waals surface area contributed by atoms with Gasteiger partial charge in [-0.25, -0.2) is 4.98 Å². The minimum absolute atomic E-state index is 0.142. The third-order valence-corrected chi connectivity index (χ3v) is 4.50. The number of rotatable bonds is 6. The van der Waals surface area contributed by atoms with Gasteiger partial charge >= 0.3 is 5.97 Å². The lowest BCUT2D eigenvalue weighted by molar-refractivity contribution is -0.144. The summed E-state index contributed by atoms with van der Waals surface area (Å²) in [6.07, 6.45) is 1.52. The molecule has 1 amide bonds. The molecule has 0 fully saturated rings. The van der Waals surface area contributed by atoms with E-state index in [4.69, 9.17) is 16.3 Å². The Kier molecular flexibility index (Phi) is 6.63. The van der Waals surface area contributed by atoms with Crippen LogP contribution in [0.4, 0.5) is 5.69 Å². The number of esters is 1. The first-order valence-electron chi connectivity index (χ1n) is 7.22. The van der Waals surface area contributed by atoms with E-state index in [9.17, 15) is 9.59 Å². The first-order valence-corrected chi connectivity index (χ1v) is 8.58. The highest BCUT2D eigenvalue weighted by molar-refractivity contribution is 8.00. The molecule has 1 aromatic heterocycles. The molecule has 2 aromatic rings. The fraction of sp³-hybridized carbons (Fsp3) is 0.235. The van der Waals surface area contributed by atoms with Crippen LogP contribution in [-0.4, -0.2) is 29.2 Å². The summed E-state index contributed by atoms with van der Waals surface area (Å²) in [5.74, 6) is -0.774. The standard InChI is InChI=1S/C17H17ClN2O3S/c1-11-5-6-13(8-12(11)2)24-10-16(22)23-9-15(21)20-14-4-3-7-19-17(14)18/h3-8H,9-10H2,1-2H3,(H,20,21). The van der Waals surface area contributed by atoms with Gasteiger partial charge in [-0.2, -0.15) is 0 Å². The molecule has 24 heavy (non-hydrogen) atoms. The second kappa shape index (κ2) is 8.70. The maximum absolute atomic E-state index is 11.7. The Morgan fingerprint density at radius 3 is 2.75 bits per heavy atom. The van der Waals surface area contributed by atoms with Gasteiger partial charge in [-0.1, -0.05) is 17.7 Å². The molecule has 0 radical (unpaired) electrons. The van der Waals surface area contributed by atoms with Gasteiger partial charge in [0.1, 0.15) is 0 Å². The molecular formula is C17H17ClN2O3S. The monoisotopic (exact) mass is 364 g/mol. The molecule has 2 rings (SSSR count). The number of thioether (sulfide) groups is 1. The van der Waals surface area contributed by atoms with Crippen LogP contribution in [0, 0.1) is 13.8 Å². The van der Waals surface area contributed by atoms with Crippen LogP contribution in [-0.2, 0) is 14.3 Å². The van der Waals surface area contributed by atoms with Crippen molar-refractivity contribution in [1.29, 1.82) is 0 Å². The number of amides is 1. The zero-order valence-corrected chi connectivity index (χ0v) is 14.9. The van der Waals surface area contributed by atoms with Crippen molar-refractivity contribution in [1.82, 2.24) is 4.98 Å². The number of ether oxygens (including phenoxy) is 1. The van der Waals surface area contributed by atoms with Crippen LogP contribution in [0.5, 0.6) is 0 Å². The van der Waals surface area contributed by atoms with Crippen molar-refractivity contribution in [3.05, 3.63) is 52.8 Å². The van der Waals surface area contributed by atoms with Gasteiger partial charge in [-0.15, -0.1) is 11.8 Å². The molecule has 0 aliphatic carbocycles. The molecule has 0 aliphatic heterocycles. The lowest BCUT2D eigenvalue weighted by Gasteiger charge is -2.08. The van der Waals surface area contributed by atoms with E-state index in [1.54, 1.807) is 12.1 Å². The number of anilines is 1. The third-order valence-electron chi connectivity index (χ3n) is 3.23. The van der Waals surface area contributed by atoms with Gasteiger partial charge in [0.15, 0.2) is 11.8 Å². The zero-order valence-electron chi connectivity index (χ0n) is 13.3. The third kappa shape index (κ3) is 5.54. The molecule has 0 aliphatic rings. The Morgan fingerprint density at radius 2 is 2.04 bits per heavy atom. The van der Waals surface area contributed by atoms with E-state index in [2.05, 4.69) is 10.3 Å². The highest BCUT2D eigenvalue weighted by Crippen LogP contribution is 2.21. The molecular weight excluding hydrogens is 348 g/mol. The van der Waals surface area contributed by atoms with Crippen molar-refractivity contribution in [3.8, 4) is 0 Å². The summed E-state index contributed by atoms with van der Waals surface area (Å²) in [5.41, 5.74) is 2.75. The second-order valence-electron chi connectivity index (χ2n) is 5.09.